The molecule has 2 saturated heterocycles. The third-order valence-corrected chi connectivity index (χ3v) is 6.53. The van der Waals surface area contributed by atoms with Gasteiger partial charge >= 0.3 is 0 Å². The molecular formula is C25H32N2O2. The second kappa shape index (κ2) is 9.45. The van der Waals surface area contributed by atoms with Gasteiger partial charge in [-0.1, -0.05) is 48.9 Å². The topological polar surface area (TPSA) is 32.8 Å². The van der Waals surface area contributed by atoms with Crippen molar-refractivity contribution >= 4 is 5.91 Å². The summed E-state index contributed by atoms with van der Waals surface area (Å²) in [5.41, 5.74) is 2.58. The SMILES string of the molecule is COc1ccc(CN2C(=O)CCCC[C@@H]3[C@@H]2CCN3CCc2ccccc2)cc1. The molecule has 2 aliphatic heterocycles. The van der Waals surface area contributed by atoms with Crippen LogP contribution in [0.25, 0.3) is 0 Å². The summed E-state index contributed by atoms with van der Waals surface area (Å²) in [4.78, 5) is 17.8. The van der Waals surface area contributed by atoms with Crippen molar-refractivity contribution in [2.75, 3.05) is 20.2 Å². The average molecular weight is 393 g/mol. The zero-order chi connectivity index (χ0) is 20.1. The number of hydrogen-bond donors (Lipinski definition) is 0. The minimum Gasteiger partial charge on any atom is -0.497 e. The number of hydrogen-bond acceptors (Lipinski definition) is 3. The van der Waals surface area contributed by atoms with Gasteiger partial charge in [0.05, 0.1) is 7.11 Å². The number of ether oxygens (including phenoxy) is 1. The van der Waals surface area contributed by atoms with Gasteiger partial charge in [0.25, 0.3) is 0 Å². The van der Waals surface area contributed by atoms with E-state index in [9.17, 15) is 4.79 Å². The number of amides is 1. The summed E-state index contributed by atoms with van der Waals surface area (Å²) in [6.45, 7) is 2.88. The summed E-state index contributed by atoms with van der Waals surface area (Å²) < 4.78 is 5.28. The van der Waals surface area contributed by atoms with Crippen LogP contribution in [0.15, 0.2) is 54.6 Å². The lowest BCUT2D eigenvalue weighted by Gasteiger charge is -2.37. The van der Waals surface area contributed by atoms with Crippen molar-refractivity contribution < 1.29 is 9.53 Å². The molecule has 4 nitrogen and oxygen atoms in total. The van der Waals surface area contributed by atoms with E-state index in [0.717, 1.165) is 44.5 Å². The minimum atomic E-state index is 0.320. The first-order valence-electron chi connectivity index (χ1n) is 10.9. The van der Waals surface area contributed by atoms with Gasteiger partial charge in [-0.15, -0.1) is 0 Å². The first-order chi connectivity index (χ1) is 14.2. The largest absolute Gasteiger partial charge is 0.497 e. The molecule has 0 aromatic heterocycles. The van der Waals surface area contributed by atoms with Gasteiger partial charge < -0.3 is 9.64 Å². The lowest BCUT2D eigenvalue weighted by atomic mass is 9.96. The molecule has 0 N–H and O–H groups in total. The number of rotatable bonds is 6. The molecular weight excluding hydrogens is 360 g/mol. The summed E-state index contributed by atoms with van der Waals surface area (Å²) in [5, 5.41) is 0. The Bertz CT molecular complexity index is 790. The minimum absolute atomic E-state index is 0.320. The van der Waals surface area contributed by atoms with Gasteiger partial charge in [0.1, 0.15) is 5.75 Å². The predicted molar refractivity (Wildman–Crippen MR) is 116 cm³/mol. The van der Waals surface area contributed by atoms with Crippen LogP contribution < -0.4 is 4.74 Å². The Labute approximate surface area is 174 Å². The van der Waals surface area contributed by atoms with Crippen LogP contribution in [0.5, 0.6) is 5.75 Å². The lowest BCUT2D eigenvalue weighted by Crippen LogP contribution is -2.48. The van der Waals surface area contributed by atoms with Crippen LogP contribution in [0, 0.1) is 0 Å². The molecule has 4 rings (SSSR count). The molecule has 0 radical (unpaired) electrons. The van der Waals surface area contributed by atoms with Crippen LogP contribution in [-0.4, -0.2) is 48.0 Å². The number of nitrogens with zero attached hydrogens (tertiary/aromatic N) is 2. The molecule has 2 heterocycles. The molecule has 154 valence electrons. The smallest absolute Gasteiger partial charge is 0.223 e. The Morgan fingerprint density at radius 3 is 2.48 bits per heavy atom. The number of fused-ring (bicyclic) bond motifs is 1. The van der Waals surface area contributed by atoms with E-state index in [1.807, 2.05) is 12.1 Å². The highest BCUT2D eigenvalue weighted by Crippen LogP contribution is 2.31. The molecule has 0 spiro atoms. The predicted octanol–water partition coefficient (Wildman–Crippen LogP) is 4.28. The van der Waals surface area contributed by atoms with Gasteiger partial charge in [-0.25, -0.2) is 0 Å². The number of methoxy groups -OCH3 is 1. The van der Waals surface area contributed by atoms with Crippen molar-refractivity contribution in [3.63, 3.8) is 0 Å². The van der Waals surface area contributed by atoms with E-state index in [-0.39, 0.29) is 0 Å². The standard InChI is InChI=1S/C25H32N2O2/c1-29-22-13-11-21(12-14-22)19-27-24-16-18-26(17-15-20-7-3-2-4-8-20)23(24)9-5-6-10-25(27)28/h2-4,7-8,11-14,23-24H,5-6,9-10,15-19H2,1H3/t23-,24+/m1/s1. The van der Waals surface area contributed by atoms with E-state index in [0.29, 0.717) is 31.0 Å². The normalized spacial score (nSPS) is 22.8. The van der Waals surface area contributed by atoms with E-state index in [1.54, 1.807) is 7.11 Å². The fourth-order valence-corrected chi connectivity index (χ4v) is 4.92. The third kappa shape index (κ3) is 4.81. The van der Waals surface area contributed by atoms with Crippen molar-refractivity contribution in [2.24, 2.45) is 0 Å². The molecule has 0 aliphatic carbocycles. The highest BCUT2D eigenvalue weighted by molar-refractivity contribution is 5.76. The lowest BCUT2D eigenvalue weighted by molar-refractivity contribution is -0.135. The maximum absolute atomic E-state index is 13.0. The quantitative estimate of drug-likeness (QED) is 0.735. The van der Waals surface area contributed by atoms with E-state index in [4.69, 9.17) is 4.74 Å². The van der Waals surface area contributed by atoms with Crippen molar-refractivity contribution in [1.82, 2.24) is 9.80 Å². The molecule has 29 heavy (non-hydrogen) atoms. The maximum Gasteiger partial charge on any atom is 0.223 e. The molecule has 2 aliphatic rings. The molecule has 0 bridgehead atoms. The Balaban J connectivity index is 1.46. The van der Waals surface area contributed by atoms with E-state index in [1.165, 1.54) is 17.5 Å². The number of benzene rings is 2. The molecule has 4 heteroatoms. The second-order valence-corrected chi connectivity index (χ2v) is 8.31. The monoisotopic (exact) mass is 392 g/mol. The summed E-state index contributed by atoms with van der Waals surface area (Å²) in [6.07, 6.45) is 6.21. The van der Waals surface area contributed by atoms with Gasteiger partial charge in [0.15, 0.2) is 0 Å². The Morgan fingerprint density at radius 2 is 1.72 bits per heavy atom. The van der Waals surface area contributed by atoms with Gasteiger partial charge in [-0.3, -0.25) is 9.69 Å². The number of likely N-dealkylation sites (tertiary alicyclic amines) is 2. The Kier molecular flexibility index (Phi) is 6.50. The molecule has 2 atom stereocenters. The number of carbonyl (C=O) groups is 1. The fourth-order valence-electron chi connectivity index (χ4n) is 4.92. The molecule has 1 amide bonds. The second-order valence-electron chi connectivity index (χ2n) is 8.31. The van der Waals surface area contributed by atoms with Crippen LogP contribution in [0.2, 0.25) is 0 Å². The Morgan fingerprint density at radius 1 is 0.931 bits per heavy atom. The fraction of sp³-hybridized carbons (Fsp3) is 0.480. The van der Waals surface area contributed by atoms with Gasteiger partial charge in [-0.2, -0.15) is 0 Å². The first-order valence-corrected chi connectivity index (χ1v) is 10.9. The van der Waals surface area contributed by atoms with Gasteiger partial charge in [0.2, 0.25) is 5.91 Å². The summed E-state index contributed by atoms with van der Waals surface area (Å²) in [6, 6.07) is 19.7. The molecule has 0 saturated carbocycles. The molecule has 2 fully saturated rings. The van der Waals surface area contributed by atoms with E-state index in [2.05, 4.69) is 52.3 Å². The zero-order valence-electron chi connectivity index (χ0n) is 17.4. The van der Waals surface area contributed by atoms with Gasteiger partial charge in [-0.05, 0) is 48.9 Å². The van der Waals surface area contributed by atoms with Crippen molar-refractivity contribution in [3.05, 3.63) is 65.7 Å². The molecule has 2 aromatic rings. The summed E-state index contributed by atoms with van der Waals surface area (Å²) >= 11 is 0. The van der Waals surface area contributed by atoms with Crippen LogP contribution in [0.1, 0.15) is 43.2 Å². The van der Waals surface area contributed by atoms with Crippen molar-refractivity contribution in [2.45, 2.75) is 57.2 Å². The first kappa shape index (κ1) is 20.0. The third-order valence-electron chi connectivity index (χ3n) is 6.53. The summed E-state index contributed by atoms with van der Waals surface area (Å²) in [5.74, 6) is 1.18. The van der Waals surface area contributed by atoms with Crippen LogP contribution >= 0.6 is 0 Å². The summed E-state index contributed by atoms with van der Waals surface area (Å²) in [7, 11) is 1.68. The van der Waals surface area contributed by atoms with Crippen LogP contribution in [-0.2, 0) is 17.8 Å². The maximum atomic E-state index is 13.0. The van der Waals surface area contributed by atoms with E-state index < -0.39 is 0 Å². The van der Waals surface area contributed by atoms with Crippen molar-refractivity contribution in [1.29, 1.82) is 0 Å². The Hall–Kier alpha value is -2.33. The van der Waals surface area contributed by atoms with Crippen molar-refractivity contribution in [3.8, 4) is 5.75 Å². The molecule has 0 unspecified atom stereocenters. The number of carbonyl (C=O) groups excluding carboxylic acids is 1. The highest BCUT2D eigenvalue weighted by atomic mass is 16.5. The van der Waals surface area contributed by atoms with Crippen LogP contribution in [0.3, 0.4) is 0 Å². The highest BCUT2D eigenvalue weighted by Gasteiger charge is 2.39. The van der Waals surface area contributed by atoms with E-state index >= 15 is 0 Å². The zero-order valence-corrected chi connectivity index (χ0v) is 17.4. The molecule has 2 aromatic carbocycles. The average Bonchev–Trinajstić information content (AvgIpc) is 3.15. The van der Waals surface area contributed by atoms with Gasteiger partial charge in [0, 0.05) is 38.1 Å². The van der Waals surface area contributed by atoms with Crippen LogP contribution in [0.4, 0.5) is 0 Å².